The summed E-state index contributed by atoms with van der Waals surface area (Å²) in [7, 11) is -2.05. The number of benzene rings is 1. The highest BCUT2D eigenvalue weighted by atomic mass is 31.1. The predicted octanol–water partition coefficient (Wildman–Crippen LogP) is 2.87. The Balaban J connectivity index is 2.72. The summed E-state index contributed by atoms with van der Waals surface area (Å²) in [5.41, 5.74) is 1.31. The van der Waals surface area contributed by atoms with Crippen LogP contribution >= 0.6 is 8.03 Å². The Labute approximate surface area is 102 Å². The molecule has 0 aliphatic carbocycles. The quantitative estimate of drug-likeness (QED) is 0.580. The highest BCUT2D eigenvalue weighted by Gasteiger charge is 2.08. The van der Waals surface area contributed by atoms with E-state index in [1.165, 1.54) is 0 Å². The van der Waals surface area contributed by atoms with Crippen molar-refractivity contribution in [2.45, 2.75) is 20.0 Å². The lowest BCUT2D eigenvalue weighted by molar-refractivity contribution is 0.0526. The summed E-state index contributed by atoms with van der Waals surface area (Å²) in [6, 6.07) is 6.95. The molecule has 0 saturated carbocycles. The molecule has 0 saturated heterocycles. The standard InChI is InChI=1S/C12H17O4P/c1-3-15-12(13)11-7-5-6-10(8-11)9-17(14)16-4-2/h5-8,17H,3-4,9H2,1-2H3. The van der Waals surface area contributed by atoms with Crippen LogP contribution in [0.3, 0.4) is 0 Å². The second kappa shape index (κ2) is 7.25. The van der Waals surface area contributed by atoms with Crippen molar-refractivity contribution in [1.29, 1.82) is 0 Å². The van der Waals surface area contributed by atoms with Crippen molar-refractivity contribution >= 4 is 14.0 Å². The maximum absolute atomic E-state index is 11.5. The second-order valence-corrected chi connectivity index (χ2v) is 4.79. The maximum Gasteiger partial charge on any atom is 0.338 e. The number of rotatable bonds is 6. The summed E-state index contributed by atoms with van der Waals surface area (Å²) < 4.78 is 21.4. The number of ether oxygens (including phenoxy) is 1. The van der Waals surface area contributed by atoms with E-state index >= 15 is 0 Å². The Bertz CT molecular complexity index is 403. The molecule has 0 bridgehead atoms. The zero-order valence-electron chi connectivity index (χ0n) is 10.1. The Morgan fingerprint density at radius 1 is 1.29 bits per heavy atom. The van der Waals surface area contributed by atoms with Gasteiger partial charge in [-0.15, -0.1) is 0 Å². The molecule has 0 radical (unpaired) electrons. The Morgan fingerprint density at radius 3 is 2.71 bits per heavy atom. The van der Waals surface area contributed by atoms with Crippen LogP contribution in [0.15, 0.2) is 24.3 Å². The minimum atomic E-state index is -2.05. The van der Waals surface area contributed by atoms with Crippen LogP contribution in [0.5, 0.6) is 0 Å². The van der Waals surface area contributed by atoms with Gasteiger partial charge in [-0.05, 0) is 31.5 Å². The monoisotopic (exact) mass is 256 g/mol. The molecule has 1 atom stereocenters. The fourth-order valence-corrected chi connectivity index (χ4v) is 2.38. The van der Waals surface area contributed by atoms with Gasteiger partial charge in [-0.1, -0.05) is 12.1 Å². The zero-order valence-corrected chi connectivity index (χ0v) is 11.1. The zero-order chi connectivity index (χ0) is 12.7. The molecule has 17 heavy (non-hydrogen) atoms. The molecule has 4 nitrogen and oxygen atoms in total. The predicted molar refractivity (Wildman–Crippen MR) is 66.7 cm³/mol. The van der Waals surface area contributed by atoms with Crippen LogP contribution in [0, 0.1) is 0 Å². The molecular weight excluding hydrogens is 239 g/mol. The summed E-state index contributed by atoms with van der Waals surface area (Å²) in [6.45, 7) is 4.35. The summed E-state index contributed by atoms with van der Waals surface area (Å²) in [6.07, 6.45) is 0.353. The van der Waals surface area contributed by atoms with E-state index in [0.717, 1.165) is 5.56 Å². The first-order chi connectivity index (χ1) is 8.17. The molecule has 0 fully saturated rings. The molecule has 0 aliphatic heterocycles. The number of carbonyl (C=O) groups excluding carboxylic acids is 1. The van der Waals surface area contributed by atoms with Crippen LogP contribution < -0.4 is 0 Å². The third-order valence-electron chi connectivity index (χ3n) is 2.09. The molecule has 0 aliphatic rings. The van der Waals surface area contributed by atoms with Gasteiger partial charge in [0.1, 0.15) is 0 Å². The van der Waals surface area contributed by atoms with E-state index in [4.69, 9.17) is 9.26 Å². The van der Waals surface area contributed by atoms with E-state index in [1.54, 1.807) is 32.0 Å². The van der Waals surface area contributed by atoms with Gasteiger partial charge >= 0.3 is 5.97 Å². The minimum absolute atomic E-state index is 0.346. The fraction of sp³-hybridized carbons (Fsp3) is 0.417. The topological polar surface area (TPSA) is 52.6 Å². The van der Waals surface area contributed by atoms with Crippen molar-refractivity contribution in [3.05, 3.63) is 35.4 Å². The smallest absolute Gasteiger partial charge is 0.338 e. The van der Waals surface area contributed by atoms with Crippen molar-refractivity contribution in [3.8, 4) is 0 Å². The lowest BCUT2D eigenvalue weighted by Gasteiger charge is -2.05. The van der Waals surface area contributed by atoms with Gasteiger partial charge in [0.15, 0.2) is 8.03 Å². The van der Waals surface area contributed by atoms with Crippen molar-refractivity contribution in [1.82, 2.24) is 0 Å². The van der Waals surface area contributed by atoms with Gasteiger partial charge in [-0.25, -0.2) is 4.79 Å². The number of carbonyl (C=O) groups is 1. The summed E-state index contributed by atoms with van der Waals surface area (Å²) in [4.78, 5) is 11.5. The number of esters is 1. The second-order valence-electron chi connectivity index (χ2n) is 3.40. The fourth-order valence-electron chi connectivity index (χ4n) is 1.40. The van der Waals surface area contributed by atoms with Crippen LogP contribution in [-0.4, -0.2) is 19.2 Å². The van der Waals surface area contributed by atoms with Gasteiger partial charge in [0.05, 0.1) is 18.8 Å². The molecular formula is C12H17O4P. The third-order valence-corrected chi connectivity index (χ3v) is 3.40. The average molecular weight is 256 g/mol. The molecule has 1 rings (SSSR count). The van der Waals surface area contributed by atoms with Crippen LogP contribution in [0.1, 0.15) is 29.8 Å². The summed E-state index contributed by atoms with van der Waals surface area (Å²) >= 11 is 0. The lowest BCUT2D eigenvalue weighted by atomic mass is 10.1. The van der Waals surface area contributed by atoms with E-state index in [0.29, 0.717) is 24.9 Å². The molecule has 0 spiro atoms. The molecule has 1 unspecified atom stereocenters. The van der Waals surface area contributed by atoms with Gasteiger partial charge < -0.3 is 9.26 Å². The lowest BCUT2D eigenvalue weighted by Crippen LogP contribution is -2.04. The van der Waals surface area contributed by atoms with Gasteiger partial charge in [0.2, 0.25) is 0 Å². The van der Waals surface area contributed by atoms with E-state index in [9.17, 15) is 9.36 Å². The minimum Gasteiger partial charge on any atom is -0.462 e. The first-order valence-electron chi connectivity index (χ1n) is 5.59. The SMILES string of the molecule is CCOC(=O)c1cccc(C[PH](=O)OCC)c1. The Kier molecular flexibility index (Phi) is 5.95. The van der Waals surface area contributed by atoms with E-state index in [-0.39, 0.29) is 5.97 Å². The molecule has 0 N–H and O–H groups in total. The van der Waals surface area contributed by atoms with Gasteiger partial charge in [-0.2, -0.15) is 0 Å². The molecule has 0 aromatic heterocycles. The van der Waals surface area contributed by atoms with Crippen LogP contribution in [0.2, 0.25) is 0 Å². The highest BCUT2D eigenvalue weighted by molar-refractivity contribution is 7.38. The summed E-state index contributed by atoms with van der Waals surface area (Å²) in [5.74, 6) is -0.356. The summed E-state index contributed by atoms with van der Waals surface area (Å²) in [5, 5.41) is 0. The van der Waals surface area contributed by atoms with Crippen molar-refractivity contribution in [2.75, 3.05) is 13.2 Å². The highest BCUT2D eigenvalue weighted by Crippen LogP contribution is 2.28. The van der Waals surface area contributed by atoms with Gasteiger partial charge in [0, 0.05) is 6.16 Å². The Morgan fingerprint density at radius 2 is 2.06 bits per heavy atom. The molecule has 5 heteroatoms. The molecule has 1 aromatic carbocycles. The van der Waals surface area contributed by atoms with Crippen LogP contribution in [0.4, 0.5) is 0 Å². The van der Waals surface area contributed by atoms with Gasteiger partial charge in [0.25, 0.3) is 0 Å². The first kappa shape index (κ1) is 13.9. The molecule has 1 aromatic rings. The van der Waals surface area contributed by atoms with E-state index in [2.05, 4.69) is 0 Å². The first-order valence-corrected chi connectivity index (χ1v) is 7.11. The van der Waals surface area contributed by atoms with Crippen molar-refractivity contribution in [3.63, 3.8) is 0 Å². The number of hydrogen-bond acceptors (Lipinski definition) is 4. The normalized spacial score (nSPS) is 12.1. The van der Waals surface area contributed by atoms with Crippen molar-refractivity contribution < 1.29 is 18.6 Å². The van der Waals surface area contributed by atoms with E-state index in [1.807, 2.05) is 6.07 Å². The van der Waals surface area contributed by atoms with Crippen LogP contribution in [-0.2, 0) is 20.0 Å². The third kappa shape index (κ3) is 4.72. The van der Waals surface area contributed by atoms with E-state index < -0.39 is 8.03 Å². The molecule has 0 amide bonds. The average Bonchev–Trinajstić information content (AvgIpc) is 2.30. The van der Waals surface area contributed by atoms with Gasteiger partial charge in [-0.3, -0.25) is 4.57 Å². The maximum atomic E-state index is 11.5. The largest absolute Gasteiger partial charge is 0.462 e. The number of hydrogen-bond donors (Lipinski definition) is 0. The molecule has 0 heterocycles. The Hall–Kier alpha value is -1.12. The van der Waals surface area contributed by atoms with Crippen molar-refractivity contribution in [2.24, 2.45) is 0 Å². The molecule has 94 valence electrons. The van der Waals surface area contributed by atoms with Crippen LogP contribution in [0.25, 0.3) is 0 Å².